The van der Waals surface area contributed by atoms with Crippen molar-refractivity contribution in [2.45, 2.75) is 0 Å². The van der Waals surface area contributed by atoms with Gasteiger partial charge < -0.3 is 0 Å². The van der Waals surface area contributed by atoms with Crippen LogP contribution in [-0.2, 0) is 0 Å². The van der Waals surface area contributed by atoms with Crippen molar-refractivity contribution < 1.29 is 10.5 Å². The molecule has 0 aliphatic carbocycles. The van der Waals surface area contributed by atoms with E-state index in [0.717, 1.165) is 23.9 Å². The minimum Gasteiger partial charge on any atom is -0.273 e. The predicted octanol–water partition coefficient (Wildman–Crippen LogP) is -3.04. The fraction of sp³-hybridized carbons (Fsp3) is 0. The van der Waals surface area contributed by atoms with Crippen LogP contribution in [0.4, 0.5) is 0 Å². The SMILES string of the molecule is [NH+]#C/C(SN)=C(\C#[NH+])SN. The van der Waals surface area contributed by atoms with Gasteiger partial charge in [-0.1, -0.05) is 10.5 Å². The Hall–Kier alpha value is -0.660. The summed E-state index contributed by atoms with van der Waals surface area (Å²) < 4.78 is 0. The minimum atomic E-state index is 0.322. The first-order valence-electron chi connectivity index (χ1n) is 2.13. The summed E-state index contributed by atoms with van der Waals surface area (Å²) in [4.78, 5) is 0.644. The summed E-state index contributed by atoms with van der Waals surface area (Å²) >= 11 is 1.65. The average molecular weight is 174 g/mol. The van der Waals surface area contributed by atoms with Crippen molar-refractivity contribution in [3.05, 3.63) is 9.81 Å². The fourth-order valence-corrected chi connectivity index (χ4v) is 1.00. The maximum absolute atomic E-state index is 6.70. The van der Waals surface area contributed by atoms with Crippen LogP contribution in [0.25, 0.3) is 0 Å². The van der Waals surface area contributed by atoms with E-state index in [9.17, 15) is 0 Å². The molecule has 0 unspecified atom stereocenters. The molecule has 0 heterocycles. The number of allylic oxidation sites excluding steroid dienone is 2. The van der Waals surface area contributed by atoms with Crippen LogP contribution in [-0.4, -0.2) is 0 Å². The van der Waals surface area contributed by atoms with Crippen molar-refractivity contribution in [1.82, 2.24) is 0 Å². The summed E-state index contributed by atoms with van der Waals surface area (Å²) in [5, 5.41) is 23.6. The standard InChI is InChI=1S/C4H4N4S2/c5-1-3(9-7)4(2-6)10-8/h7-8H2/p+2/b4-3-. The fourth-order valence-electron chi connectivity index (χ4n) is 0.279. The Labute approximate surface area is 67.1 Å². The van der Waals surface area contributed by atoms with Crippen LogP contribution in [0, 0.1) is 12.1 Å². The number of hydrogen-bond donors (Lipinski definition) is 4. The summed E-state index contributed by atoms with van der Waals surface area (Å²) in [6.45, 7) is 0. The molecule has 0 atom stereocenters. The summed E-state index contributed by atoms with van der Waals surface area (Å²) in [5.74, 6) is 0. The van der Waals surface area contributed by atoms with Gasteiger partial charge >= 0.3 is 12.1 Å². The van der Waals surface area contributed by atoms with E-state index < -0.39 is 0 Å². The summed E-state index contributed by atoms with van der Waals surface area (Å²) in [6, 6.07) is 4.08. The van der Waals surface area contributed by atoms with Gasteiger partial charge in [0.05, 0.1) is 0 Å². The van der Waals surface area contributed by atoms with Gasteiger partial charge in [-0.05, 0) is 23.9 Å². The lowest BCUT2D eigenvalue weighted by molar-refractivity contribution is -0.0928. The highest BCUT2D eigenvalue weighted by atomic mass is 32.2. The molecule has 0 radical (unpaired) electrons. The molecule has 52 valence electrons. The number of rotatable bonds is 2. The maximum atomic E-state index is 6.70. The van der Waals surface area contributed by atoms with Crippen molar-refractivity contribution in [2.24, 2.45) is 10.3 Å². The van der Waals surface area contributed by atoms with Crippen LogP contribution >= 0.6 is 23.9 Å². The third kappa shape index (κ3) is 2.29. The molecule has 10 heavy (non-hydrogen) atoms. The van der Waals surface area contributed by atoms with E-state index in [4.69, 9.17) is 20.8 Å². The molecule has 6 heteroatoms. The summed E-state index contributed by atoms with van der Waals surface area (Å²) in [6.07, 6.45) is 0. The molecule has 0 rings (SSSR count). The Kier molecular flexibility index (Phi) is 4.81. The van der Waals surface area contributed by atoms with E-state index >= 15 is 0 Å². The molecule has 0 saturated carbocycles. The second-order valence-corrected chi connectivity index (χ2v) is 2.43. The van der Waals surface area contributed by atoms with Gasteiger partial charge in [-0.15, -0.1) is 0 Å². The smallest absolute Gasteiger partial charge is 0.273 e. The molecule has 0 aliphatic rings. The van der Waals surface area contributed by atoms with E-state index in [-0.39, 0.29) is 0 Å². The van der Waals surface area contributed by atoms with Gasteiger partial charge in [0, 0.05) is 0 Å². The molecule has 0 aromatic carbocycles. The van der Waals surface area contributed by atoms with Gasteiger partial charge in [0.2, 0.25) is 0 Å². The molecule has 0 aromatic heterocycles. The first kappa shape index (κ1) is 9.34. The van der Waals surface area contributed by atoms with E-state index in [1.807, 2.05) is 12.1 Å². The van der Waals surface area contributed by atoms with Crippen LogP contribution in [0.1, 0.15) is 0 Å². The minimum absolute atomic E-state index is 0.322. The van der Waals surface area contributed by atoms with Crippen LogP contribution in [0.15, 0.2) is 9.81 Å². The first-order valence-corrected chi connectivity index (χ1v) is 3.89. The Morgan fingerprint density at radius 1 is 1.00 bits per heavy atom. The highest BCUT2D eigenvalue weighted by Gasteiger charge is 2.10. The Bertz CT molecular complexity index is 196. The van der Waals surface area contributed by atoms with Crippen LogP contribution < -0.4 is 20.8 Å². The molecular weight excluding hydrogens is 168 g/mol. The topological polar surface area (TPSA) is 99.6 Å². The van der Waals surface area contributed by atoms with Crippen molar-refractivity contribution in [3.8, 4) is 12.1 Å². The van der Waals surface area contributed by atoms with E-state index in [2.05, 4.69) is 0 Å². The molecule has 0 aliphatic heterocycles. The van der Waals surface area contributed by atoms with Crippen LogP contribution in [0.5, 0.6) is 0 Å². The average Bonchev–Trinajstić information content (AvgIpc) is 2.00. The molecule has 4 nitrogen and oxygen atoms in total. The molecule has 0 spiro atoms. The highest BCUT2D eigenvalue weighted by molar-refractivity contribution is 8.05. The normalized spacial score (nSPS) is 11.2. The third-order valence-electron chi connectivity index (χ3n) is 0.669. The number of hydrogen-bond acceptors (Lipinski definition) is 4. The highest BCUT2D eigenvalue weighted by Crippen LogP contribution is 2.17. The largest absolute Gasteiger partial charge is 0.319 e. The van der Waals surface area contributed by atoms with Crippen LogP contribution in [0.3, 0.4) is 0 Å². The van der Waals surface area contributed by atoms with Crippen molar-refractivity contribution in [3.63, 3.8) is 0 Å². The van der Waals surface area contributed by atoms with Gasteiger partial charge in [-0.3, -0.25) is 10.3 Å². The lowest BCUT2D eigenvalue weighted by Gasteiger charge is -1.86. The number of nitrogens with two attached hydrogens (primary N) is 2. The van der Waals surface area contributed by atoms with Crippen molar-refractivity contribution >= 4 is 23.9 Å². The Morgan fingerprint density at radius 3 is 1.40 bits per heavy atom. The lowest BCUT2D eigenvalue weighted by atomic mass is 10.5. The zero-order valence-corrected chi connectivity index (χ0v) is 6.60. The van der Waals surface area contributed by atoms with E-state index in [0.29, 0.717) is 9.81 Å². The molecule has 0 saturated heterocycles. The number of nitrogens with one attached hydrogen (secondary N) is 2. The second-order valence-electron chi connectivity index (χ2n) is 1.14. The molecule has 6 N–H and O–H groups in total. The second kappa shape index (κ2) is 5.15. The van der Waals surface area contributed by atoms with Gasteiger partial charge in [0.15, 0.2) is 9.81 Å². The molecule has 0 amide bonds. The predicted molar refractivity (Wildman–Crippen MR) is 40.3 cm³/mol. The summed E-state index contributed by atoms with van der Waals surface area (Å²) in [5.41, 5.74) is 0. The Balaban J connectivity index is 4.62. The van der Waals surface area contributed by atoms with E-state index in [1.165, 1.54) is 0 Å². The van der Waals surface area contributed by atoms with Crippen molar-refractivity contribution in [2.75, 3.05) is 0 Å². The van der Waals surface area contributed by atoms with Gasteiger partial charge in [-0.25, -0.2) is 0 Å². The summed E-state index contributed by atoms with van der Waals surface area (Å²) in [7, 11) is 0. The Morgan fingerprint density at radius 2 is 1.30 bits per heavy atom. The monoisotopic (exact) mass is 174 g/mol. The molecule has 0 fully saturated rings. The third-order valence-corrected chi connectivity index (χ3v) is 1.88. The maximum Gasteiger partial charge on any atom is 0.319 e. The molecule has 0 aromatic rings. The molecule has 0 bridgehead atoms. The van der Waals surface area contributed by atoms with E-state index in [1.54, 1.807) is 0 Å². The van der Waals surface area contributed by atoms with Gasteiger partial charge in [0.1, 0.15) is 0 Å². The lowest BCUT2D eigenvalue weighted by Crippen LogP contribution is -2.20. The quantitative estimate of drug-likeness (QED) is 0.264. The van der Waals surface area contributed by atoms with Crippen LogP contribution in [0.2, 0.25) is 0 Å². The molecular formula is C4H6N4S2+2. The zero-order chi connectivity index (χ0) is 7.98. The van der Waals surface area contributed by atoms with Gasteiger partial charge in [-0.2, -0.15) is 0 Å². The zero-order valence-electron chi connectivity index (χ0n) is 4.97. The van der Waals surface area contributed by atoms with Gasteiger partial charge in [0.25, 0.3) is 0 Å². The first-order chi connectivity index (χ1) is 4.79. The van der Waals surface area contributed by atoms with Crippen molar-refractivity contribution in [1.29, 1.82) is 0 Å².